The van der Waals surface area contributed by atoms with Crippen molar-refractivity contribution in [1.29, 1.82) is 0 Å². The highest BCUT2D eigenvalue weighted by Gasteiger charge is 2.13. The van der Waals surface area contributed by atoms with Gasteiger partial charge in [0, 0.05) is 10.8 Å². The van der Waals surface area contributed by atoms with E-state index in [-0.39, 0.29) is 5.56 Å². The van der Waals surface area contributed by atoms with Crippen LogP contribution in [0, 0.1) is 0 Å². The van der Waals surface area contributed by atoms with E-state index in [1.54, 1.807) is 6.07 Å². The van der Waals surface area contributed by atoms with Crippen LogP contribution in [0.15, 0.2) is 40.8 Å². The number of carbonyl (C=O) groups is 1. The van der Waals surface area contributed by atoms with Gasteiger partial charge < -0.3 is 15.3 Å². The highest BCUT2D eigenvalue weighted by molar-refractivity contribution is 6.11. The minimum absolute atomic E-state index is 0.168. The van der Waals surface area contributed by atoms with E-state index in [2.05, 4.69) is 0 Å². The van der Waals surface area contributed by atoms with Gasteiger partial charge in [-0.2, -0.15) is 0 Å². The maximum atomic E-state index is 11.0. The summed E-state index contributed by atoms with van der Waals surface area (Å²) in [4.78, 5) is 11.0. The number of fused-ring (bicyclic) bond motifs is 3. The van der Waals surface area contributed by atoms with E-state index in [1.807, 2.05) is 24.3 Å². The van der Waals surface area contributed by atoms with Crippen molar-refractivity contribution in [3.63, 3.8) is 0 Å². The van der Waals surface area contributed by atoms with Crippen molar-refractivity contribution >= 4 is 33.6 Å². The van der Waals surface area contributed by atoms with Crippen molar-refractivity contribution in [2.45, 2.75) is 0 Å². The van der Waals surface area contributed by atoms with Crippen LogP contribution in [0.4, 0.5) is 5.69 Å². The Labute approximate surface area is 96.2 Å². The van der Waals surface area contributed by atoms with E-state index in [9.17, 15) is 4.79 Å². The molecule has 4 heteroatoms. The van der Waals surface area contributed by atoms with Gasteiger partial charge in [-0.25, -0.2) is 4.79 Å². The van der Waals surface area contributed by atoms with Gasteiger partial charge in [0.2, 0.25) is 0 Å². The van der Waals surface area contributed by atoms with Crippen LogP contribution in [0.3, 0.4) is 0 Å². The normalized spacial score (nSPS) is 11.1. The monoisotopic (exact) mass is 227 g/mol. The topological polar surface area (TPSA) is 76.5 Å². The molecule has 17 heavy (non-hydrogen) atoms. The molecule has 1 aromatic heterocycles. The molecular weight excluding hydrogens is 218 g/mol. The molecule has 2 aromatic carbocycles. The molecule has 0 amide bonds. The molecule has 0 aliphatic rings. The molecule has 0 bridgehead atoms. The van der Waals surface area contributed by atoms with Gasteiger partial charge in [-0.15, -0.1) is 0 Å². The lowest BCUT2D eigenvalue weighted by molar-refractivity contribution is 0.0697. The third-order valence-electron chi connectivity index (χ3n) is 2.75. The van der Waals surface area contributed by atoms with E-state index >= 15 is 0 Å². The fraction of sp³-hybridized carbons (Fsp3) is 0. The lowest BCUT2D eigenvalue weighted by atomic mass is 10.1. The molecule has 3 rings (SSSR count). The largest absolute Gasteiger partial charge is 0.478 e. The molecule has 0 unspecified atom stereocenters. The summed E-state index contributed by atoms with van der Waals surface area (Å²) in [6.07, 6.45) is 0. The zero-order chi connectivity index (χ0) is 12.0. The number of carboxylic acids is 1. The molecule has 3 N–H and O–H groups in total. The van der Waals surface area contributed by atoms with E-state index < -0.39 is 5.97 Å². The molecule has 0 radical (unpaired) electrons. The van der Waals surface area contributed by atoms with Crippen molar-refractivity contribution in [3.05, 3.63) is 42.0 Å². The lowest BCUT2D eigenvalue weighted by Crippen LogP contribution is -1.97. The van der Waals surface area contributed by atoms with Gasteiger partial charge in [0.15, 0.2) is 5.58 Å². The molecule has 0 aliphatic carbocycles. The Bertz CT molecular complexity index is 743. The first-order chi connectivity index (χ1) is 8.16. The highest BCUT2D eigenvalue weighted by Crippen LogP contribution is 2.33. The number of furan rings is 1. The molecule has 0 saturated carbocycles. The van der Waals surface area contributed by atoms with Crippen LogP contribution in [0.5, 0.6) is 0 Å². The Morgan fingerprint density at radius 1 is 1.18 bits per heavy atom. The van der Waals surface area contributed by atoms with Crippen LogP contribution in [0.1, 0.15) is 10.4 Å². The smallest absolute Gasteiger partial charge is 0.335 e. The summed E-state index contributed by atoms with van der Waals surface area (Å²) in [5, 5.41) is 10.6. The summed E-state index contributed by atoms with van der Waals surface area (Å²) in [6.45, 7) is 0. The minimum Gasteiger partial charge on any atom is -0.478 e. The number of para-hydroxylation sites is 1. The number of nitrogen functional groups attached to an aromatic ring is 1. The number of benzene rings is 2. The molecule has 1 heterocycles. The van der Waals surface area contributed by atoms with Gasteiger partial charge in [-0.1, -0.05) is 18.2 Å². The molecule has 84 valence electrons. The van der Waals surface area contributed by atoms with Gasteiger partial charge in [-0.05, 0) is 18.2 Å². The van der Waals surface area contributed by atoms with E-state index in [4.69, 9.17) is 15.3 Å². The van der Waals surface area contributed by atoms with Crippen LogP contribution in [-0.4, -0.2) is 11.1 Å². The van der Waals surface area contributed by atoms with Crippen LogP contribution in [0.25, 0.3) is 21.9 Å². The first-order valence-corrected chi connectivity index (χ1v) is 5.11. The molecule has 3 aromatic rings. The first kappa shape index (κ1) is 9.72. The molecule has 0 fully saturated rings. The Balaban J connectivity index is 2.50. The number of carboxylic acid groups (broad SMARTS) is 1. The van der Waals surface area contributed by atoms with Gasteiger partial charge in [-0.3, -0.25) is 0 Å². The third kappa shape index (κ3) is 1.34. The van der Waals surface area contributed by atoms with Crippen molar-refractivity contribution in [1.82, 2.24) is 0 Å². The zero-order valence-corrected chi connectivity index (χ0v) is 8.81. The minimum atomic E-state index is -0.996. The molecule has 4 nitrogen and oxygen atoms in total. The van der Waals surface area contributed by atoms with E-state index in [0.29, 0.717) is 16.9 Å². The Morgan fingerprint density at radius 3 is 2.71 bits per heavy atom. The SMILES string of the molecule is Nc1cc(C(=O)O)cc2c1oc1ccccc12. The molecule has 0 saturated heterocycles. The van der Waals surface area contributed by atoms with E-state index in [1.165, 1.54) is 6.07 Å². The molecular formula is C13H9NO3. The fourth-order valence-electron chi connectivity index (χ4n) is 1.98. The van der Waals surface area contributed by atoms with Crippen LogP contribution < -0.4 is 5.73 Å². The number of anilines is 1. The quantitative estimate of drug-likeness (QED) is 0.626. The second kappa shape index (κ2) is 3.25. The van der Waals surface area contributed by atoms with Crippen molar-refractivity contribution in [3.8, 4) is 0 Å². The van der Waals surface area contributed by atoms with Crippen LogP contribution >= 0.6 is 0 Å². The summed E-state index contributed by atoms with van der Waals surface area (Å²) in [6, 6.07) is 10.4. The molecule has 0 spiro atoms. The van der Waals surface area contributed by atoms with Gasteiger partial charge in [0.1, 0.15) is 5.58 Å². The Morgan fingerprint density at radius 2 is 1.94 bits per heavy atom. The van der Waals surface area contributed by atoms with Crippen LogP contribution in [0.2, 0.25) is 0 Å². The maximum absolute atomic E-state index is 11.0. The predicted octanol–water partition coefficient (Wildman–Crippen LogP) is 2.87. The number of aromatic carboxylic acids is 1. The maximum Gasteiger partial charge on any atom is 0.335 e. The Hall–Kier alpha value is -2.49. The third-order valence-corrected chi connectivity index (χ3v) is 2.75. The first-order valence-electron chi connectivity index (χ1n) is 5.11. The molecule has 0 aliphatic heterocycles. The fourth-order valence-corrected chi connectivity index (χ4v) is 1.98. The number of hydrogen-bond acceptors (Lipinski definition) is 3. The number of nitrogens with two attached hydrogens (primary N) is 1. The van der Waals surface area contributed by atoms with Crippen molar-refractivity contribution in [2.75, 3.05) is 5.73 Å². The van der Waals surface area contributed by atoms with Gasteiger partial charge in [0.05, 0.1) is 11.3 Å². The number of hydrogen-bond donors (Lipinski definition) is 2. The summed E-state index contributed by atoms with van der Waals surface area (Å²) in [5.41, 5.74) is 7.56. The second-order valence-electron chi connectivity index (χ2n) is 3.85. The van der Waals surface area contributed by atoms with E-state index in [0.717, 1.165) is 10.8 Å². The summed E-state index contributed by atoms with van der Waals surface area (Å²) in [7, 11) is 0. The predicted molar refractivity (Wildman–Crippen MR) is 65.1 cm³/mol. The summed E-state index contributed by atoms with van der Waals surface area (Å²) < 4.78 is 5.60. The lowest BCUT2D eigenvalue weighted by Gasteiger charge is -1.98. The van der Waals surface area contributed by atoms with Gasteiger partial charge >= 0.3 is 5.97 Å². The summed E-state index contributed by atoms with van der Waals surface area (Å²) in [5.74, 6) is -0.996. The van der Waals surface area contributed by atoms with Crippen molar-refractivity contribution < 1.29 is 14.3 Å². The highest BCUT2D eigenvalue weighted by atomic mass is 16.4. The standard InChI is InChI=1S/C13H9NO3/c14-10-6-7(13(15)16)5-9-8-3-1-2-4-11(8)17-12(9)10/h1-6H,14H2,(H,15,16). The average molecular weight is 227 g/mol. The van der Waals surface area contributed by atoms with Crippen LogP contribution in [-0.2, 0) is 0 Å². The number of rotatable bonds is 1. The zero-order valence-electron chi connectivity index (χ0n) is 8.81. The Kier molecular flexibility index (Phi) is 1.86. The second-order valence-corrected chi connectivity index (χ2v) is 3.85. The summed E-state index contributed by atoms with van der Waals surface area (Å²) >= 11 is 0. The average Bonchev–Trinajstić information content (AvgIpc) is 2.68. The van der Waals surface area contributed by atoms with Crippen molar-refractivity contribution in [2.24, 2.45) is 0 Å². The molecule has 0 atom stereocenters. The van der Waals surface area contributed by atoms with Gasteiger partial charge in [0.25, 0.3) is 0 Å².